The highest BCUT2D eigenvalue weighted by molar-refractivity contribution is 5.85. The average molecular weight is 228 g/mol. The molecule has 1 aromatic carbocycles. The van der Waals surface area contributed by atoms with Gasteiger partial charge in [-0.2, -0.15) is 0 Å². The maximum Gasteiger partial charge on any atom is 0.123 e. The molecule has 0 aromatic heterocycles. The average Bonchev–Trinajstić information content (AvgIpc) is 3.01. The van der Waals surface area contributed by atoms with E-state index in [1.807, 2.05) is 18.2 Å². The maximum absolute atomic E-state index is 6.13. The van der Waals surface area contributed by atoms with Crippen molar-refractivity contribution in [1.82, 2.24) is 0 Å². The molecule has 1 aliphatic carbocycles. The van der Waals surface area contributed by atoms with Crippen LogP contribution in [0.1, 0.15) is 30.9 Å². The molecule has 1 aliphatic rings. The standard InChI is InChI=1S/C12H17NO.ClH/c1-14-12-5-3-2-4-10(12)11(13)8-9-6-7-9;/h2-5,9,11H,6-8,13H2,1H3;1H/t11-;/m1./s1. The number of hydrogen-bond donors (Lipinski definition) is 1. The first-order valence-corrected chi connectivity index (χ1v) is 5.19. The fraction of sp³-hybridized carbons (Fsp3) is 0.500. The van der Waals surface area contributed by atoms with Crippen molar-refractivity contribution in [3.8, 4) is 5.75 Å². The van der Waals surface area contributed by atoms with E-state index in [1.54, 1.807) is 7.11 Å². The molecule has 1 atom stereocenters. The molecule has 3 heteroatoms. The van der Waals surface area contributed by atoms with E-state index in [0.717, 1.165) is 23.7 Å². The summed E-state index contributed by atoms with van der Waals surface area (Å²) in [6.07, 6.45) is 3.80. The third kappa shape index (κ3) is 3.11. The quantitative estimate of drug-likeness (QED) is 0.859. The number of benzene rings is 1. The fourth-order valence-electron chi connectivity index (χ4n) is 1.81. The molecule has 2 nitrogen and oxygen atoms in total. The van der Waals surface area contributed by atoms with E-state index in [-0.39, 0.29) is 18.4 Å². The first-order chi connectivity index (χ1) is 6.81. The molecule has 0 radical (unpaired) electrons. The van der Waals surface area contributed by atoms with Crippen molar-refractivity contribution in [1.29, 1.82) is 0 Å². The minimum atomic E-state index is 0. The Labute approximate surface area is 97.2 Å². The van der Waals surface area contributed by atoms with Crippen molar-refractivity contribution < 1.29 is 4.74 Å². The minimum Gasteiger partial charge on any atom is -0.496 e. The molecule has 1 fully saturated rings. The van der Waals surface area contributed by atoms with E-state index in [0.29, 0.717) is 0 Å². The smallest absolute Gasteiger partial charge is 0.123 e. The fourth-order valence-corrected chi connectivity index (χ4v) is 1.81. The molecule has 0 bridgehead atoms. The van der Waals surface area contributed by atoms with Crippen molar-refractivity contribution in [2.45, 2.75) is 25.3 Å². The van der Waals surface area contributed by atoms with E-state index in [2.05, 4.69) is 6.07 Å². The van der Waals surface area contributed by atoms with Gasteiger partial charge in [-0.15, -0.1) is 12.4 Å². The number of hydrogen-bond acceptors (Lipinski definition) is 2. The number of para-hydroxylation sites is 1. The largest absolute Gasteiger partial charge is 0.496 e. The summed E-state index contributed by atoms with van der Waals surface area (Å²) >= 11 is 0. The van der Waals surface area contributed by atoms with E-state index >= 15 is 0 Å². The first kappa shape index (κ1) is 12.3. The van der Waals surface area contributed by atoms with Crippen molar-refractivity contribution >= 4 is 12.4 Å². The van der Waals surface area contributed by atoms with Gasteiger partial charge in [0.2, 0.25) is 0 Å². The van der Waals surface area contributed by atoms with Gasteiger partial charge in [0.25, 0.3) is 0 Å². The highest BCUT2D eigenvalue weighted by Crippen LogP contribution is 2.38. The molecule has 84 valence electrons. The van der Waals surface area contributed by atoms with E-state index in [4.69, 9.17) is 10.5 Å². The molecule has 15 heavy (non-hydrogen) atoms. The molecule has 0 unspecified atom stereocenters. The van der Waals surface area contributed by atoms with Gasteiger partial charge in [-0.05, 0) is 18.4 Å². The van der Waals surface area contributed by atoms with Crippen LogP contribution < -0.4 is 10.5 Å². The van der Waals surface area contributed by atoms with Gasteiger partial charge >= 0.3 is 0 Å². The van der Waals surface area contributed by atoms with Crippen molar-refractivity contribution in [2.75, 3.05) is 7.11 Å². The summed E-state index contributed by atoms with van der Waals surface area (Å²) in [5.41, 5.74) is 7.27. The van der Waals surface area contributed by atoms with Crippen LogP contribution in [-0.4, -0.2) is 7.11 Å². The molecular weight excluding hydrogens is 210 g/mol. The summed E-state index contributed by atoms with van der Waals surface area (Å²) in [7, 11) is 1.70. The number of rotatable bonds is 4. The van der Waals surface area contributed by atoms with E-state index in [1.165, 1.54) is 12.8 Å². The number of nitrogens with two attached hydrogens (primary N) is 1. The number of halogens is 1. The zero-order chi connectivity index (χ0) is 9.97. The zero-order valence-electron chi connectivity index (χ0n) is 8.98. The predicted octanol–water partition coefficient (Wildman–Crippen LogP) is 2.92. The van der Waals surface area contributed by atoms with E-state index < -0.39 is 0 Å². The third-order valence-corrected chi connectivity index (χ3v) is 2.82. The normalized spacial score (nSPS) is 16.7. The second kappa shape index (κ2) is 5.38. The lowest BCUT2D eigenvalue weighted by atomic mass is 10.0. The molecule has 1 saturated carbocycles. The SMILES string of the molecule is COc1ccccc1[C@H](N)CC1CC1.Cl. The van der Waals surface area contributed by atoms with Crippen LogP contribution in [0.4, 0.5) is 0 Å². The second-order valence-electron chi connectivity index (χ2n) is 4.03. The van der Waals surface area contributed by atoms with Crippen LogP contribution >= 0.6 is 12.4 Å². The predicted molar refractivity (Wildman–Crippen MR) is 64.5 cm³/mol. The van der Waals surface area contributed by atoms with Gasteiger partial charge in [-0.3, -0.25) is 0 Å². The molecule has 0 spiro atoms. The highest BCUT2D eigenvalue weighted by atomic mass is 35.5. The molecule has 1 aromatic rings. The van der Waals surface area contributed by atoms with Crippen molar-refractivity contribution in [3.05, 3.63) is 29.8 Å². The maximum atomic E-state index is 6.13. The highest BCUT2D eigenvalue weighted by Gasteiger charge is 2.25. The topological polar surface area (TPSA) is 35.2 Å². The van der Waals surface area contributed by atoms with E-state index in [9.17, 15) is 0 Å². The number of ether oxygens (including phenoxy) is 1. The van der Waals surface area contributed by atoms with Crippen LogP contribution in [0.25, 0.3) is 0 Å². The summed E-state index contributed by atoms with van der Waals surface area (Å²) in [6, 6.07) is 8.17. The lowest BCUT2D eigenvalue weighted by Crippen LogP contribution is -2.12. The van der Waals surface area contributed by atoms with Crippen LogP contribution in [0.15, 0.2) is 24.3 Å². The Morgan fingerprint density at radius 2 is 2.07 bits per heavy atom. The molecule has 0 aliphatic heterocycles. The lowest BCUT2D eigenvalue weighted by molar-refractivity contribution is 0.403. The Bertz CT molecular complexity index is 312. The summed E-state index contributed by atoms with van der Waals surface area (Å²) < 4.78 is 5.29. The van der Waals surface area contributed by atoms with Gasteiger partial charge in [-0.1, -0.05) is 31.0 Å². The summed E-state index contributed by atoms with van der Waals surface area (Å²) in [4.78, 5) is 0. The van der Waals surface area contributed by atoms with Crippen LogP contribution in [-0.2, 0) is 0 Å². The molecule has 0 saturated heterocycles. The zero-order valence-corrected chi connectivity index (χ0v) is 9.80. The van der Waals surface area contributed by atoms with Crippen LogP contribution in [0.2, 0.25) is 0 Å². The monoisotopic (exact) mass is 227 g/mol. The van der Waals surface area contributed by atoms with Gasteiger partial charge in [-0.25, -0.2) is 0 Å². The third-order valence-electron chi connectivity index (χ3n) is 2.82. The summed E-state index contributed by atoms with van der Waals surface area (Å²) in [5.74, 6) is 1.77. The Hall–Kier alpha value is -0.730. The van der Waals surface area contributed by atoms with Gasteiger partial charge in [0.15, 0.2) is 0 Å². The minimum absolute atomic E-state index is 0. The molecule has 2 N–H and O–H groups in total. The molecule has 0 heterocycles. The van der Waals surface area contributed by atoms with Gasteiger partial charge in [0.1, 0.15) is 5.75 Å². The van der Waals surface area contributed by atoms with Crippen molar-refractivity contribution in [2.24, 2.45) is 11.7 Å². The van der Waals surface area contributed by atoms with Crippen molar-refractivity contribution in [3.63, 3.8) is 0 Å². The van der Waals surface area contributed by atoms with Gasteiger partial charge in [0.05, 0.1) is 7.11 Å². The summed E-state index contributed by atoms with van der Waals surface area (Å²) in [6.45, 7) is 0. The second-order valence-corrected chi connectivity index (χ2v) is 4.03. The van der Waals surface area contributed by atoms with Gasteiger partial charge < -0.3 is 10.5 Å². The Morgan fingerprint density at radius 3 is 2.67 bits per heavy atom. The summed E-state index contributed by atoms with van der Waals surface area (Å²) in [5, 5.41) is 0. The lowest BCUT2D eigenvalue weighted by Gasteiger charge is -2.14. The van der Waals surface area contributed by atoms with Crippen LogP contribution in [0.3, 0.4) is 0 Å². The molecule has 2 rings (SSSR count). The molecular formula is C12H18ClNO. The Balaban J connectivity index is 0.00000112. The van der Waals surface area contributed by atoms with Gasteiger partial charge in [0, 0.05) is 11.6 Å². The first-order valence-electron chi connectivity index (χ1n) is 5.19. The Morgan fingerprint density at radius 1 is 1.40 bits per heavy atom. The molecule has 0 amide bonds. The van der Waals surface area contributed by atoms with Crippen LogP contribution in [0, 0.1) is 5.92 Å². The number of methoxy groups -OCH3 is 1. The van der Waals surface area contributed by atoms with Crippen LogP contribution in [0.5, 0.6) is 5.75 Å². The Kier molecular flexibility index (Phi) is 4.43.